The number of hydrogen-bond acceptors (Lipinski definition) is 2. The summed E-state index contributed by atoms with van der Waals surface area (Å²) in [5, 5.41) is 0.774. The van der Waals surface area contributed by atoms with Gasteiger partial charge in [-0.1, -0.05) is 48.5 Å². The van der Waals surface area contributed by atoms with Crippen LogP contribution in [0.1, 0.15) is 0 Å². The molecule has 0 bridgehead atoms. The fraction of sp³-hybridized carbons (Fsp3) is 0.125. The smallest absolute Gasteiger partial charge is 0.178 e. The summed E-state index contributed by atoms with van der Waals surface area (Å²) in [6, 6.07) is 17.2. The first kappa shape index (κ1) is 12.9. The second kappa shape index (κ2) is 4.49. The molecule has 0 fully saturated rings. The first-order chi connectivity index (χ1) is 9.50. The highest BCUT2D eigenvalue weighted by atomic mass is 32.2. The van der Waals surface area contributed by atoms with Gasteiger partial charge in [0, 0.05) is 24.2 Å². The van der Waals surface area contributed by atoms with Crippen molar-refractivity contribution in [2.45, 2.75) is 4.90 Å². The largest absolute Gasteiger partial charge is 0.343 e. The lowest BCUT2D eigenvalue weighted by molar-refractivity contribution is 0.602. The molecule has 0 aliphatic carbocycles. The first-order valence-electron chi connectivity index (χ1n) is 6.33. The van der Waals surface area contributed by atoms with E-state index in [1.165, 1.54) is 6.26 Å². The van der Waals surface area contributed by atoms with Gasteiger partial charge in [0.1, 0.15) is 4.90 Å². The monoisotopic (exact) mass is 285 g/mol. The maximum atomic E-state index is 12.2. The highest BCUT2D eigenvalue weighted by Gasteiger charge is 2.23. The van der Waals surface area contributed by atoms with Crippen LogP contribution >= 0.6 is 0 Å². The van der Waals surface area contributed by atoms with Crippen LogP contribution < -0.4 is 0 Å². The lowest BCUT2D eigenvalue weighted by Crippen LogP contribution is -2.00. The average molecular weight is 285 g/mol. The SMILES string of the molecule is Cn1c(-c2ccccc2)c(S(C)(=O)=O)c2ccccc21. The topological polar surface area (TPSA) is 39.1 Å². The summed E-state index contributed by atoms with van der Waals surface area (Å²) in [7, 11) is -1.41. The standard InChI is InChI=1S/C16H15NO2S/c1-17-14-11-7-6-10-13(14)16(20(2,18)19)15(17)12-8-4-3-5-9-12/h3-11H,1-2H3. The van der Waals surface area contributed by atoms with Crippen LogP contribution in [-0.4, -0.2) is 19.2 Å². The molecule has 0 unspecified atom stereocenters. The van der Waals surface area contributed by atoms with Crippen LogP contribution in [0.3, 0.4) is 0 Å². The molecule has 1 heterocycles. The molecule has 0 aliphatic heterocycles. The van der Waals surface area contributed by atoms with E-state index in [1.54, 1.807) is 0 Å². The molecule has 0 N–H and O–H groups in total. The van der Waals surface area contributed by atoms with Gasteiger partial charge in [0.25, 0.3) is 0 Å². The Hall–Kier alpha value is -2.07. The van der Waals surface area contributed by atoms with Gasteiger partial charge in [-0.05, 0) is 11.6 Å². The molecular weight excluding hydrogens is 270 g/mol. The summed E-state index contributed by atoms with van der Waals surface area (Å²) in [4.78, 5) is 0.404. The van der Waals surface area contributed by atoms with Gasteiger partial charge >= 0.3 is 0 Å². The van der Waals surface area contributed by atoms with Crippen LogP contribution in [0.2, 0.25) is 0 Å². The van der Waals surface area contributed by atoms with Gasteiger partial charge < -0.3 is 4.57 Å². The Morgan fingerprint density at radius 2 is 1.50 bits per heavy atom. The zero-order valence-electron chi connectivity index (χ0n) is 11.4. The molecule has 0 radical (unpaired) electrons. The maximum absolute atomic E-state index is 12.2. The van der Waals surface area contributed by atoms with Crippen molar-refractivity contribution in [3.63, 3.8) is 0 Å². The van der Waals surface area contributed by atoms with Crippen LogP contribution in [0.4, 0.5) is 0 Å². The van der Waals surface area contributed by atoms with Gasteiger partial charge in [-0.2, -0.15) is 0 Å². The molecule has 4 heteroatoms. The van der Waals surface area contributed by atoms with Gasteiger partial charge in [-0.15, -0.1) is 0 Å². The van der Waals surface area contributed by atoms with Crippen molar-refractivity contribution in [2.24, 2.45) is 7.05 Å². The molecule has 0 amide bonds. The Labute approximate surface area is 118 Å². The van der Waals surface area contributed by atoms with Gasteiger partial charge in [-0.25, -0.2) is 8.42 Å². The third kappa shape index (κ3) is 1.93. The van der Waals surface area contributed by atoms with Crippen molar-refractivity contribution in [1.29, 1.82) is 0 Å². The molecule has 0 atom stereocenters. The summed E-state index contributed by atoms with van der Waals surface area (Å²) >= 11 is 0. The lowest BCUT2D eigenvalue weighted by atomic mass is 10.1. The molecule has 1 aromatic heterocycles. The normalized spacial score (nSPS) is 11.9. The van der Waals surface area contributed by atoms with Gasteiger partial charge in [0.05, 0.1) is 5.69 Å². The predicted octanol–water partition coefficient (Wildman–Crippen LogP) is 3.25. The second-order valence-electron chi connectivity index (χ2n) is 4.89. The van der Waals surface area contributed by atoms with Crippen LogP contribution in [-0.2, 0) is 16.9 Å². The van der Waals surface area contributed by atoms with E-state index in [4.69, 9.17) is 0 Å². The molecule has 0 aliphatic rings. The number of para-hydroxylation sites is 1. The predicted molar refractivity (Wildman–Crippen MR) is 81.5 cm³/mol. The Kier molecular flexibility index (Phi) is 2.91. The van der Waals surface area contributed by atoms with E-state index in [0.717, 1.165) is 22.2 Å². The summed E-state index contributed by atoms with van der Waals surface area (Å²) in [6.45, 7) is 0. The Balaban J connectivity index is 2.51. The zero-order chi connectivity index (χ0) is 14.3. The highest BCUT2D eigenvalue weighted by molar-refractivity contribution is 7.91. The number of nitrogens with zero attached hydrogens (tertiary/aromatic N) is 1. The van der Waals surface area contributed by atoms with Crippen molar-refractivity contribution >= 4 is 20.7 Å². The van der Waals surface area contributed by atoms with E-state index >= 15 is 0 Å². The van der Waals surface area contributed by atoms with Crippen LogP contribution in [0.15, 0.2) is 59.5 Å². The van der Waals surface area contributed by atoms with Crippen LogP contribution in [0.5, 0.6) is 0 Å². The fourth-order valence-electron chi connectivity index (χ4n) is 2.65. The van der Waals surface area contributed by atoms with Crippen molar-refractivity contribution < 1.29 is 8.42 Å². The summed E-state index contributed by atoms with van der Waals surface area (Å²) < 4.78 is 26.4. The average Bonchev–Trinajstić information content (AvgIpc) is 2.73. The molecular formula is C16H15NO2S. The van der Waals surface area contributed by atoms with Crippen molar-refractivity contribution in [3.05, 3.63) is 54.6 Å². The Morgan fingerprint density at radius 1 is 0.900 bits per heavy atom. The fourth-order valence-corrected chi connectivity index (χ4v) is 3.83. The number of hydrogen-bond donors (Lipinski definition) is 0. The second-order valence-corrected chi connectivity index (χ2v) is 6.84. The number of aromatic nitrogens is 1. The number of aryl methyl sites for hydroxylation is 1. The molecule has 0 saturated carbocycles. The van der Waals surface area contributed by atoms with Crippen molar-refractivity contribution in [2.75, 3.05) is 6.26 Å². The quantitative estimate of drug-likeness (QED) is 0.725. The number of sulfone groups is 1. The highest BCUT2D eigenvalue weighted by Crippen LogP contribution is 2.35. The first-order valence-corrected chi connectivity index (χ1v) is 8.22. The third-order valence-corrected chi connectivity index (χ3v) is 4.63. The minimum atomic E-state index is -3.31. The van der Waals surface area contributed by atoms with E-state index in [1.807, 2.05) is 66.2 Å². The van der Waals surface area contributed by atoms with E-state index in [-0.39, 0.29) is 0 Å². The van der Waals surface area contributed by atoms with E-state index in [9.17, 15) is 8.42 Å². The lowest BCUT2D eigenvalue weighted by Gasteiger charge is -2.07. The van der Waals surface area contributed by atoms with Crippen LogP contribution in [0, 0.1) is 0 Å². The van der Waals surface area contributed by atoms with Gasteiger partial charge in [0.15, 0.2) is 9.84 Å². The third-order valence-electron chi connectivity index (χ3n) is 3.48. The molecule has 102 valence electrons. The van der Waals surface area contributed by atoms with Crippen molar-refractivity contribution in [1.82, 2.24) is 4.57 Å². The van der Waals surface area contributed by atoms with Gasteiger partial charge in [-0.3, -0.25) is 0 Å². The minimum absolute atomic E-state index is 0.404. The van der Waals surface area contributed by atoms with Crippen molar-refractivity contribution in [3.8, 4) is 11.3 Å². The van der Waals surface area contributed by atoms with Crippen LogP contribution in [0.25, 0.3) is 22.2 Å². The molecule has 20 heavy (non-hydrogen) atoms. The summed E-state index contributed by atoms with van der Waals surface area (Å²) in [5.74, 6) is 0. The maximum Gasteiger partial charge on any atom is 0.178 e. The van der Waals surface area contributed by atoms with E-state index < -0.39 is 9.84 Å². The van der Waals surface area contributed by atoms with E-state index in [2.05, 4.69) is 0 Å². The summed E-state index contributed by atoms with van der Waals surface area (Å²) in [6.07, 6.45) is 1.27. The van der Waals surface area contributed by atoms with Gasteiger partial charge in [0.2, 0.25) is 0 Å². The molecule has 0 saturated heterocycles. The zero-order valence-corrected chi connectivity index (χ0v) is 12.2. The minimum Gasteiger partial charge on any atom is -0.343 e. The number of rotatable bonds is 2. The Morgan fingerprint density at radius 3 is 2.15 bits per heavy atom. The molecule has 2 aromatic carbocycles. The number of fused-ring (bicyclic) bond motifs is 1. The number of benzene rings is 2. The molecule has 3 rings (SSSR count). The summed E-state index contributed by atoms with van der Waals surface area (Å²) in [5.41, 5.74) is 2.58. The molecule has 3 nitrogen and oxygen atoms in total. The molecule has 0 spiro atoms. The Bertz CT molecular complexity index is 877. The van der Waals surface area contributed by atoms with E-state index in [0.29, 0.717) is 4.90 Å². The molecule has 3 aromatic rings.